The smallest absolute Gasteiger partial charge is 0.0281 e. The SMILES string of the molecule is CCCc1ccc(CCC)cc1.CCCc1cccc(CCC)c1. The van der Waals surface area contributed by atoms with Crippen LogP contribution in [0.2, 0.25) is 0 Å². The van der Waals surface area contributed by atoms with Crippen molar-refractivity contribution in [1.29, 1.82) is 0 Å². The molecule has 0 saturated carbocycles. The van der Waals surface area contributed by atoms with Crippen LogP contribution in [0, 0.1) is 0 Å². The first kappa shape index (κ1) is 20.5. The third kappa shape index (κ3) is 8.34. The standard InChI is InChI=1S/2C12H18/c1-3-6-11-8-5-9-12(10-11)7-4-2;1-3-5-11-7-9-12(6-4-2)10-8-11/h5,8-10H,3-4,6-7H2,1-2H3;7-10H,3-6H2,1-2H3. The Balaban J connectivity index is 0.000000240. The van der Waals surface area contributed by atoms with E-state index in [2.05, 4.69) is 76.2 Å². The topological polar surface area (TPSA) is 0 Å². The molecule has 0 atom stereocenters. The van der Waals surface area contributed by atoms with Crippen LogP contribution in [0.25, 0.3) is 0 Å². The summed E-state index contributed by atoms with van der Waals surface area (Å²) in [5.41, 5.74) is 5.92. The molecule has 0 nitrogen and oxygen atoms in total. The lowest BCUT2D eigenvalue weighted by atomic mass is 10.0. The summed E-state index contributed by atoms with van der Waals surface area (Å²) in [5, 5.41) is 0. The van der Waals surface area contributed by atoms with Gasteiger partial charge in [0.25, 0.3) is 0 Å². The van der Waals surface area contributed by atoms with Gasteiger partial charge in [0.1, 0.15) is 0 Å². The predicted octanol–water partition coefficient (Wildman–Crippen LogP) is 7.18. The van der Waals surface area contributed by atoms with Crippen molar-refractivity contribution in [3.8, 4) is 0 Å². The average Bonchev–Trinajstić information content (AvgIpc) is 2.59. The molecule has 0 saturated heterocycles. The fourth-order valence-electron chi connectivity index (χ4n) is 2.97. The van der Waals surface area contributed by atoms with E-state index in [9.17, 15) is 0 Å². The van der Waals surface area contributed by atoms with Crippen LogP contribution in [0.15, 0.2) is 48.5 Å². The van der Waals surface area contributed by atoms with Crippen LogP contribution >= 0.6 is 0 Å². The van der Waals surface area contributed by atoms with Gasteiger partial charge in [-0.05, 0) is 47.9 Å². The highest BCUT2D eigenvalue weighted by atomic mass is 14.0. The molecule has 0 radical (unpaired) electrons. The molecule has 0 heteroatoms. The summed E-state index contributed by atoms with van der Waals surface area (Å²) in [6.45, 7) is 8.90. The predicted molar refractivity (Wildman–Crippen MR) is 109 cm³/mol. The Morgan fingerprint density at radius 3 is 1.12 bits per heavy atom. The lowest BCUT2D eigenvalue weighted by Crippen LogP contribution is -1.87. The second-order valence-corrected chi connectivity index (χ2v) is 6.64. The number of aryl methyl sites for hydroxylation is 4. The average molecular weight is 325 g/mol. The minimum Gasteiger partial charge on any atom is -0.0651 e. The maximum Gasteiger partial charge on any atom is -0.0281 e. The van der Waals surface area contributed by atoms with Gasteiger partial charge in [-0.3, -0.25) is 0 Å². The molecule has 0 aliphatic heterocycles. The molecule has 0 unspecified atom stereocenters. The first-order valence-electron chi connectivity index (χ1n) is 9.89. The van der Waals surface area contributed by atoms with Crippen molar-refractivity contribution in [2.45, 2.75) is 79.1 Å². The highest BCUT2D eigenvalue weighted by Crippen LogP contribution is 2.09. The van der Waals surface area contributed by atoms with Gasteiger partial charge < -0.3 is 0 Å². The Morgan fingerprint density at radius 2 is 0.792 bits per heavy atom. The van der Waals surface area contributed by atoms with Crippen molar-refractivity contribution in [1.82, 2.24) is 0 Å². The van der Waals surface area contributed by atoms with Gasteiger partial charge in [0.2, 0.25) is 0 Å². The molecular formula is C24H36. The fraction of sp³-hybridized carbons (Fsp3) is 0.500. The summed E-state index contributed by atoms with van der Waals surface area (Å²) < 4.78 is 0. The van der Waals surface area contributed by atoms with E-state index < -0.39 is 0 Å². The number of hydrogen-bond acceptors (Lipinski definition) is 0. The molecule has 0 aliphatic carbocycles. The molecule has 2 rings (SSSR count). The Labute approximate surface area is 150 Å². The zero-order valence-corrected chi connectivity index (χ0v) is 16.3. The molecule has 0 bridgehead atoms. The Bertz CT molecular complexity index is 490. The fourth-order valence-corrected chi connectivity index (χ4v) is 2.97. The molecule has 0 aromatic heterocycles. The summed E-state index contributed by atoms with van der Waals surface area (Å²) in [4.78, 5) is 0. The maximum atomic E-state index is 2.34. The molecule has 0 spiro atoms. The molecule has 2 aromatic carbocycles. The molecule has 0 fully saturated rings. The van der Waals surface area contributed by atoms with Crippen LogP contribution in [-0.2, 0) is 25.7 Å². The van der Waals surface area contributed by atoms with Crippen molar-refractivity contribution in [2.24, 2.45) is 0 Å². The van der Waals surface area contributed by atoms with Gasteiger partial charge >= 0.3 is 0 Å². The normalized spacial score (nSPS) is 10.2. The molecular weight excluding hydrogens is 288 g/mol. The Kier molecular flexibility index (Phi) is 10.9. The Morgan fingerprint density at radius 1 is 0.458 bits per heavy atom. The molecule has 0 amide bonds. The van der Waals surface area contributed by atoms with Crippen molar-refractivity contribution >= 4 is 0 Å². The lowest BCUT2D eigenvalue weighted by molar-refractivity contribution is 0.895. The monoisotopic (exact) mass is 324 g/mol. The van der Waals surface area contributed by atoms with Crippen molar-refractivity contribution in [3.63, 3.8) is 0 Å². The summed E-state index contributed by atoms with van der Waals surface area (Å²) in [6, 6.07) is 18.0. The van der Waals surface area contributed by atoms with Gasteiger partial charge in [-0.25, -0.2) is 0 Å². The highest BCUT2D eigenvalue weighted by molar-refractivity contribution is 5.24. The van der Waals surface area contributed by atoms with Crippen LogP contribution in [0.3, 0.4) is 0 Å². The van der Waals surface area contributed by atoms with Gasteiger partial charge in [0.15, 0.2) is 0 Å². The number of benzene rings is 2. The molecule has 0 aliphatic rings. The van der Waals surface area contributed by atoms with E-state index in [1.165, 1.54) is 73.6 Å². The molecule has 2 aromatic rings. The number of rotatable bonds is 8. The second kappa shape index (κ2) is 12.8. The first-order valence-corrected chi connectivity index (χ1v) is 9.89. The van der Waals surface area contributed by atoms with Crippen molar-refractivity contribution in [2.75, 3.05) is 0 Å². The van der Waals surface area contributed by atoms with E-state index in [0.29, 0.717) is 0 Å². The minimum absolute atomic E-state index is 1.21. The number of hydrogen-bond donors (Lipinski definition) is 0. The minimum atomic E-state index is 1.21. The second-order valence-electron chi connectivity index (χ2n) is 6.64. The summed E-state index contributed by atoms with van der Waals surface area (Å²) in [5.74, 6) is 0. The third-order valence-corrected chi connectivity index (χ3v) is 4.17. The summed E-state index contributed by atoms with van der Waals surface area (Å²) in [6.07, 6.45) is 9.85. The van der Waals surface area contributed by atoms with E-state index in [4.69, 9.17) is 0 Å². The van der Waals surface area contributed by atoms with Gasteiger partial charge in [-0.2, -0.15) is 0 Å². The van der Waals surface area contributed by atoms with Crippen molar-refractivity contribution in [3.05, 3.63) is 70.8 Å². The maximum absolute atomic E-state index is 2.34. The van der Waals surface area contributed by atoms with Gasteiger partial charge in [0.05, 0.1) is 0 Å². The summed E-state index contributed by atoms with van der Waals surface area (Å²) >= 11 is 0. The van der Waals surface area contributed by atoms with Crippen LogP contribution in [0.5, 0.6) is 0 Å². The van der Waals surface area contributed by atoms with Crippen LogP contribution in [0.4, 0.5) is 0 Å². The first-order chi connectivity index (χ1) is 11.7. The van der Waals surface area contributed by atoms with Crippen LogP contribution in [0.1, 0.15) is 75.6 Å². The van der Waals surface area contributed by atoms with E-state index >= 15 is 0 Å². The highest BCUT2D eigenvalue weighted by Gasteiger charge is 1.94. The largest absolute Gasteiger partial charge is 0.0651 e. The molecule has 24 heavy (non-hydrogen) atoms. The van der Waals surface area contributed by atoms with E-state index in [0.717, 1.165) is 0 Å². The Hall–Kier alpha value is -1.56. The van der Waals surface area contributed by atoms with Crippen LogP contribution < -0.4 is 0 Å². The molecule has 132 valence electrons. The van der Waals surface area contributed by atoms with Gasteiger partial charge in [0, 0.05) is 0 Å². The molecule has 0 heterocycles. The quantitative estimate of drug-likeness (QED) is 0.482. The zero-order valence-electron chi connectivity index (χ0n) is 16.3. The van der Waals surface area contributed by atoms with Crippen molar-refractivity contribution < 1.29 is 0 Å². The van der Waals surface area contributed by atoms with E-state index in [1.807, 2.05) is 0 Å². The van der Waals surface area contributed by atoms with Gasteiger partial charge in [-0.1, -0.05) is 102 Å². The zero-order chi connectivity index (χ0) is 17.6. The summed E-state index contributed by atoms with van der Waals surface area (Å²) in [7, 11) is 0. The van der Waals surface area contributed by atoms with E-state index in [1.54, 1.807) is 0 Å². The van der Waals surface area contributed by atoms with Gasteiger partial charge in [-0.15, -0.1) is 0 Å². The van der Waals surface area contributed by atoms with Crippen LogP contribution in [-0.4, -0.2) is 0 Å². The molecule has 0 N–H and O–H groups in total. The van der Waals surface area contributed by atoms with E-state index in [-0.39, 0.29) is 0 Å². The third-order valence-electron chi connectivity index (χ3n) is 4.17. The lowest BCUT2D eigenvalue weighted by Gasteiger charge is -2.02.